The summed E-state index contributed by atoms with van der Waals surface area (Å²) in [6.45, 7) is 0.561. The van der Waals surface area contributed by atoms with Crippen LogP contribution in [0.5, 0.6) is 0 Å². The number of halogens is 2. The first kappa shape index (κ1) is 18.7. The normalized spacial score (nSPS) is 18.9. The minimum absolute atomic E-state index is 0.147. The number of piperidine rings is 1. The Labute approximate surface area is 160 Å². The summed E-state index contributed by atoms with van der Waals surface area (Å²) in [5.74, 6) is -0.725. The van der Waals surface area contributed by atoms with Crippen LogP contribution in [-0.2, 0) is 14.8 Å². The first-order valence-electron chi connectivity index (χ1n) is 7.68. The van der Waals surface area contributed by atoms with Gasteiger partial charge in [-0.15, -0.1) is 11.3 Å². The van der Waals surface area contributed by atoms with Crippen LogP contribution in [0.4, 0.5) is 5.69 Å². The lowest BCUT2D eigenvalue weighted by Gasteiger charge is -2.30. The summed E-state index contributed by atoms with van der Waals surface area (Å²) in [5, 5.41) is 5.15. The first-order chi connectivity index (χ1) is 11.9. The summed E-state index contributed by atoms with van der Waals surface area (Å²) in [6, 6.07) is 8.24. The molecule has 2 heterocycles. The molecule has 1 aromatic carbocycles. The second-order valence-electron chi connectivity index (χ2n) is 5.72. The van der Waals surface area contributed by atoms with Crippen molar-refractivity contribution in [2.45, 2.75) is 17.1 Å². The van der Waals surface area contributed by atoms with E-state index in [2.05, 4.69) is 5.32 Å². The number of thiophene rings is 1. The molecule has 9 heteroatoms. The maximum absolute atomic E-state index is 12.6. The van der Waals surface area contributed by atoms with Gasteiger partial charge in [-0.05, 0) is 36.4 Å². The van der Waals surface area contributed by atoms with Gasteiger partial charge >= 0.3 is 0 Å². The van der Waals surface area contributed by atoms with Gasteiger partial charge in [-0.25, -0.2) is 8.42 Å². The third-order valence-corrected chi connectivity index (χ3v) is 7.92. The van der Waals surface area contributed by atoms with Gasteiger partial charge in [-0.3, -0.25) is 4.79 Å². The van der Waals surface area contributed by atoms with Crippen LogP contribution in [0.15, 0.2) is 39.9 Å². The van der Waals surface area contributed by atoms with Crippen LogP contribution in [0.25, 0.3) is 0 Å². The molecule has 1 aliphatic rings. The van der Waals surface area contributed by atoms with Gasteiger partial charge in [0.05, 0.1) is 21.7 Å². The van der Waals surface area contributed by atoms with Crippen LogP contribution in [0, 0.1) is 5.92 Å². The van der Waals surface area contributed by atoms with E-state index in [4.69, 9.17) is 23.2 Å². The molecule has 3 rings (SSSR count). The number of amides is 1. The molecule has 5 nitrogen and oxygen atoms in total. The number of hydrogen-bond acceptors (Lipinski definition) is 4. The lowest BCUT2D eigenvalue weighted by atomic mass is 9.98. The number of sulfonamides is 1. The Morgan fingerprint density at radius 3 is 2.56 bits per heavy atom. The highest BCUT2D eigenvalue weighted by molar-refractivity contribution is 7.91. The second-order valence-corrected chi connectivity index (χ2v) is 9.65. The molecule has 1 fully saturated rings. The SMILES string of the molecule is O=C(Nc1c(Cl)cccc1Cl)[C@H]1CCCN(S(=O)(=O)c2cccs2)C1. The number of para-hydroxylation sites is 1. The monoisotopic (exact) mass is 418 g/mol. The zero-order chi connectivity index (χ0) is 18.0. The second kappa shape index (κ2) is 7.63. The van der Waals surface area contributed by atoms with Crippen molar-refractivity contribution in [3.8, 4) is 0 Å². The molecule has 0 saturated carbocycles. The summed E-state index contributed by atoms with van der Waals surface area (Å²) in [6.07, 6.45) is 1.24. The lowest BCUT2D eigenvalue weighted by Crippen LogP contribution is -2.43. The Hall–Kier alpha value is -1.12. The number of benzene rings is 1. The van der Waals surface area contributed by atoms with Crippen LogP contribution in [0.1, 0.15) is 12.8 Å². The molecule has 0 aliphatic carbocycles. The van der Waals surface area contributed by atoms with Crippen molar-refractivity contribution in [2.75, 3.05) is 18.4 Å². The molecule has 1 amide bonds. The molecule has 1 aliphatic heterocycles. The van der Waals surface area contributed by atoms with E-state index in [9.17, 15) is 13.2 Å². The minimum atomic E-state index is -3.55. The average Bonchev–Trinajstić information content (AvgIpc) is 3.14. The number of rotatable bonds is 4. The molecule has 0 bridgehead atoms. The van der Waals surface area contributed by atoms with Crippen LogP contribution in [-0.4, -0.2) is 31.7 Å². The van der Waals surface area contributed by atoms with E-state index in [0.29, 0.717) is 39.3 Å². The topological polar surface area (TPSA) is 66.5 Å². The van der Waals surface area contributed by atoms with Gasteiger partial charge in [0.25, 0.3) is 10.0 Å². The number of anilines is 1. The van der Waals surface area contributed by atoms with Gasteiger partial charge in [0, 0.05) is 13.1 Å². The molecular formula is C16H16Cl2N2O3S2. The van der Waals surface area contributed by atoms with E-state index in [1.54, 1.807) is 35.7 Å². The summed E-state index contributed by atoms with van der Waals surface area (Å²) >= 11 is 13.3. The van der Waals surface area contributed by atoms with Crippen LogP contribution in [0.2, 0.25) is 10.0 Å². The minimum Gasteiger partial charge on any atom is -0.323 e. The maximum atomic E-state index is 12.6. The zero-order valence-corrected chi connectivity index (χ0v) is 16.3. The molecule has 25 heavy (non-hydrogen) atoms. The molecule has 2 aromatic rings. The summed E-state index contributed by atoms with van der Waals surface area (Å²) in [4.78, 5) is 12.6. The molecule has 0 spiro atoms. The highest BCUT2D eigenvalue weighted by atomic mass is 35.5. The molecule has 134 valence electrons. The third-order valence-electron chi connectivity index (χ3n) is 4.06. The van der Waals surface area contributed by atoms with Gasteiger partial charge in [0.1, 0.15) is 4.21 Å². The van der Waals surface area contributed by atoms with E-state index in [1.807, 2.05) is 0 Å². The molecule has 1 atom stereocenters. The molecule has 1 N–H and O–H groups in total. The maximum Gasteiger partial charge on any atom is 0.252 e. The number of hydrogen-bond donors (Lipinski definition) is 1. The predicted octanol–water partition coefficient (Wildman–Crippen LogP) is 4.09. The summed E-state index contributed by atoms with van der Waals surface area (Å²) in [5.41, 5.74) is 0.356. The Bertz CT molecular complexity index is 849. The van der Waals surface area contributed by atoms with Crippen LogP contribution >= 0.6 is 34.5 Å². The predicted molar refractivity (Wildman–Crippen MR) is 101 cm³/mol. The molecular weight excluding hydrogens is 403 g/mol. The van der Waals surface area contributed by atoms with Crippen molar-refractivity contribution in [3.63, 3.8) is 0 Å². The van der Waals surface area contributed by atoms with Crippen molar-refractivity contribution in [3.05, 3.63) is 45.8 Å². The molecule has 1 saturated heterocycles. The Morgan fingerprint density at radius 2 is 1.92 bits per heavy atom. The molecule has 0 unspecified atom stereocenters. The van der Waals surface area contributed by atoms with Gasteiger partial charge in [0.15, 0.2) is 0 Å². The van der Waals surface area contributed by atoms with Crippen molar-refractivity contribution in [1.82, 2.24) is 4.31 Å². The number of nitrogens with zero attached hydrogens (tertiary/aromatic N) is 1. The summed E-state index contributed by atoms with van der Waals surface area (Å²) in [7, 11) is -3.55. The Kier molecular flexibility index (Phi) is 5.70. The standard InChI is InChI=1S/C16H16Cl2N2O3S2/c17-12-5-1-6-13(18)15(12)19-16(21)11-4-2-8-20(10-11)25(22,23)14-7-3-9-24-14/h1,3,5-7,9,11H,2,4,8,10H2,(H,19,21)/t11-/m0/s1. The van der Waals surface area contributed by atoms with Crippen LogP contribution < -0.4 is 5.32 Å². The highest BCUT2D eigenvalue weighted by Gasteiger charge is 2.34. The van der Waals surface area contributed by atoms with E-state index >= 15 is 0 Å². The fourth-order valence-electron chi connectivity index (χ4n) is 2.75. The van der Waals surface area contributed by atoms with Crippen molar-refractivity contribution < 1.29 is 13.2 Å². The zero-order valence-electron chi connectivity index (χ0n) is 13.1. The Morgan fingerprint density at radius 1 is 1.20 bits per heavy atom. The van der Waals surface area contributed by atoms with E-state index < -0.39 is 15.9 Å². The smallest absolute Gasteiger partial charge is 0.252 e. The van der Waals surface area contributed by atoms with Gasteiger partial charge in [-0.1, -0.05) is 35.3 Å². The third kappa shape index (κ3) is 4.01. The molecule has 1 aromatic heterocycles. The van der Waals surface area contributed by atoms with Gasteiger partial charge < -0.3 is 5.32 Å². The Balaban J connectivity index is 1.74. The van der Waals surface area contributed by atoms with E-state index in [1.165, 1.54) is 15.6 Å². The quantitative estimate of drug-likeness (QED) is 0.812. The fourth-order valence-corrected chi connectivity index (χ4v) is 5.92. The average molecular weight is 419 g/mol. The van der Waals surface area contributed by atoms with Crippen molar-refractivity contribution in [2.24, 2.45) is 5.92 Å². The van der Waals surface area contributed by atoms with Gasteiger partial charge in [0.2, 0.25) is 5.91 Å². The number of carbonyl (C=O) groups is 1. The van der Waals surface area contributed by atoms with Crippen molar-refractivity contribution in [1.29, 1.82) is 0 Å². The van der Waals surface area contributed by atoms with Crippen LogP contribution in [0.3, 0.4) is 0 Å². The first-order valence-corrected chi connectivity index (χ1v) is 10.8. The van der Waals surface area contributed by atoms with E-state index in [-0.39, 0.29) is 12.5 Å². The number of nitrogens with one attached hydrogen (secondary N) is 1. The number of carbonyl (C=O) groups excluding carboxylic acids is 1. The van der Waals surface area contributed by atoms with E-state index in [0.717, 1.165) is 0 Å². The fraction of sp³-hybridized carbons (Fsp3) is 0.312. The highest BCUT2D eigenvalue weighted by Crippen LogP contribution is 2.32. The lowest BCUT2D eigenvalue weighted by molar-refractivity contribution is -0.120. The largest absolute Gasteiger partial charge is 0.323 e. The van der Waals surface area contributed by atoms with Crippen molar-refractivity contribution >= 4 is 56.2 Å². The van der Waals surface area contributed by atoms with Gasteiger partial charge in [-0.2, -0.15) is 4.31 Å². The summed E-state index contributed by atoms with van der Waals surface area (Å²) < 4.78 is 27.0. The molecule has 0 radical (unpaired) electrons.